The Morgan fingerprint density at radius 3 is 2.46 bits per heavy atom. The van der Waals surface area contributed by atoms with Crippen LogP contribution in [0, 0.1) is 0 Å². The molecule has 0 aliphatic carbocycles. The second kappa shape index (κ2) is 7.44. The summed E-state index contributed by atoms with van der Waals surface area (Å²) in [5.41, 5.74) is 1.29. The van der Waals surface area contributed by atoms with Gasteiger partial charge in [0.1, 0.15) is 0 Å². The first kappa shape index (κ1) is 19.0. The molecule has 3 rings (SSSR count). The van der Waals surface area contributed by atoms with Crippen LogP contribution >= 0.6 is 15.9 Å². The second-order valence-corrected chi connectivity index (χ2v) is 8.88. The Labute approximate surface area is 158 Å². The van der Waals surface area contributed by atoms with E-state index in [4.69, 9.17) is 0 Å². The van der Waals surface area contributed by atoms with Crippen molar-refractivity contribution in [1.29, 1.82) is 0 Å². The van der Waals surface area contributed by atoms with Gasteiger partial charge in [0.15, 0.2) is 0 Å². The number of halogens is 3. The highest BCUT2D eigenvalue weighted by Gasteiger charge is 2.31. The Morgan fingerprint density at radius 2 is 1.85 bits per heavy atom. The molecule has 0 saturated carbocycles. The average molecular weight is 444 g/mol. The first-order valence-electron chi connectivity index (χ1n) is 7.99. The lowest BCUT2D eigenvalue weighted by atomic mass is 10.0. The Kier molecular flexibility index (Phi) is 5.43. The van der Waals surface area contributed by atoms with Gasteiger partial charge in [0.2, 0.25) is 9.84 Å². The Bertz CT molecular complexity index is 916. The molecule has 1 aliphatic heterocycles. The minimum Gasteiger partial charge on any atom is -0.332 e. The molecule has 4 nitrogen and oxygen atoms in total. The van der Waals surface area contributed by atoms with Crippen molar-refractivity contribution in [3.63, 3.8) is 0 Å². The van der Waals surface area contributed by atoms with Crippen LogP contribution in [0.15, 0.2) is 57.9 Å². The fraction of sp³-hybridized carbons (Fsp3) is 0.278. The number of alkyl halides is 2. The van der Waals surface area contributed by atoms with Crippen molar-refractivity contribution in [3.8, 4) is 0 Å². The number of likely N-dealkylation sites (tertiary alicyclic amines) is 1. The number of amides is 1. The summed E-state index contributed by atoms with van der Waals surface area (Å²) in [6, 6.07) is 12.4. The minimum absolute atomic E-state index is 0.0653. The summed E-state index contributed by atoms with van der Waals surface area (Å²) >= 11 is 3.43. The molecule has 0 spiro atoms. The van der Waals surface area contributed by atoms with E-state index in [1.165, 1.54) is 12.1 Å². The van der Waals surface area contributed by atoms with Crippen LogP contribution in [0.3, 0.4) is 0 Å². The summed E-state index contributed by atoms with van der Waals surface area (Å²) in [6.45, 7) is 0.590. The standard InChI is InChI=1S/C18H16BrF2NO3S/c19-14-4-1-3-13(11-14)16-5-2-10-22(16)17(23)12-6-8-15(9-7-12)26(24,25)18(20)21/h1,3-4,6-9,11,16,18H,2,5,10H2. The molecule has 1 unspecified atom stereocenters. The van der Waals surface area contributed by atoms with E-state index in [9.17, 15) is 22.0 Å². The monoisotopic (exact) mass is 443 g/mol. The third-order valence-electron chi connectivity index (χ3n) is 4.41. The van der Waals surface area contributed by atoms with Crippen molar-refractivity contribution in [2.45, 2.75) is 29.5 Å². The highest BCUT2D eigenvalue weighted by molar-refractivity contribution is 9.10. The van der Waals surface area contributed by atoms with Crippen LogP contribution in [0.4, 0.5) is 8.78 Å². The fourth-order valence-electron chi connectivity index (χ4n) is 3.13. The summed E-state index contributed by atoms with van der Waals surface area (Å²) in [4.78, 5) is 14.1. The lowest BCUT2D eigenvalue weighted by Gasteiger charge is -2.25. The fourth-order valence-corrected chi connectivity index (χ4v) is 4.26. The van der Waals surface area contributed by atoms with Crippen LogP contribution in [0.5, 0.6) is 0 Å². The number of benzene rings is 2. The van der Waals surface area contributed by atoms with Crippen molar-refractivity contribution >= 4 is 31.7 Å². The maximum atomic E-state index is 12.8. The van der Waals surface area contributed by atoms with E-state index >= 15 is 0 Å². The van der Waals surface area contributed by atoms with Gasteiger partial charge < -0.3 is 4.90 Å². The van der Waals surface area contributed by atoms with Gasteiger partial charge >= 0.3 is 5.76 Å². The maximum Gasteiger partial charge on any atom is 0.341 e. The van der Waals surface area contributed by atoms with E-state index in [1.54, 1.807) is 4.90 Å². The first-order valence-corrected chi connectivity index (χ1v) is 10.3. The zero-order chi connectivity index (χ0) is 18.9. The van der Waals surface area contributed by atoms with Gasteiger partial charge in [-0.1, -0.05) is 28.1 Å². The van der Waals surface area contributed by atoms with Gasteiger partial charge in [-0.15, -0.1) is 0 Å². The van der Waals surface area contributed by atoms with Gasteiger partial charge in [-0.05, 0) is 54.8 Å². The molecular formula is C18H16BrF2NO3S. The van der Waals surface area contributed by atoms with Gasteiger partial charge in [-0.3, -0.25) is 4.79 Å². The number of carbonyl (C=O) groups is 1. The van der Waals surface area contributed by atoms with E-state index in [2.05, 4.69) is 15.9 Å². The maximum absolute atomic E-state index is 12.8. The van der Waals surface area contributed by atoms with Crippen molar-refractivity contribution in [1.82, 2.24) is 4.90 Å². The number of carbonyl (C=O) groups excluding carboxylic acids is 1. The third kappa shape index (κ3) is 3.66. The van der Waals surface area contributed by atoms with Crippen molar-refractivity contribution in [2.24, 2.45) is 0 Å². The SMILES string of the molecule is O=C(c1ccc(S(=O)(=O)C(F)F)cc1)N1CCCC1c1cccc(Br)c1. The predicted octanol–water partition coefficient (Wildman–Crippen LogP) is 4.42. The zero-order valence-corrected chi connectivity index (χ0v) is 16.0. The van der Waals surface area contributed by atoms with Gasteiger partial charge in [-0.2, -0.15) is 8.78 Å². The molecule has 1 saturated heterocycles. The molecule has 1 amide bonds. The van der Waals surface area contributed by atoms with Gasteiger partial charge in [0.25, 0.3) is 5.91 Å². The van der Waals surface area contributed by atoms with Crippen molar-refractivity contribution in [2.75, 3.05) is 6.54 Å². The summed E-state index contributed by atoms with van der Waals surface area (Å²) in [5.74, 6) is -3.72. The van der Waals surface area contributed by atoms with E-state index < -0.39 is 20.5 Å². The van der Waals surface area contributed by atoms with Crippen LogP contribution in [-0.2, 0) is 9.84 Å². The Hall–Kier alpha value is -1.80. The topological polar surface area (TPSA) is 54.5 Å². The number of hydrogen-bond donors (Lipinski definition) is 0. The Balaban J connectivity index is 1.84. The largest absolute Gasteiger partial charge is 0.341 e. The molecule has 0 radical (unpaired) electrons. The number of rotatable bonds is 4. The summed E-state index contributed by atoms with van der Waals surface area (Å²) < 4.78 is 49.1. The second-order valence-electron chi connectivity index (χ2n) is 6.04. The first-order chi connectivity index (χ1) is 12.3. The predicted molar refractivity (Wildman–Crippen MR) is 96.8 cm³/mol. The summed E-state index contributed by atoms with van der Waals surface area (Å²) in [7, 11) is -4.66. The molecule has 0 bridgehead atoms. The smallest absolute Gasteiger partial charge is 0.332 e. The lowest BCUT2D eigenvalue weighted by molar-refractivity contribution is 0.0735. The van der Waals surface area contributed by atoms with Crippen molar-refractivity contribution in [3.05, 3.63) is 64.1 Å². The average Bonchev–Trinajstić information content (AvgIpc) is 3.11. The molecule has 138 valence electrons. The van der Waals surface area contributed by atoms with Gasteiger partial charge in [0, 0.05) is 16.6 Å². The normalized spacial score (nSPS) is 17.7. The Morgan fingerprint density at radius 1 is 1.15 bits per heavy atom. The van der Waals surface area contributed by atoms with Crippen LogP contribution < -0.4 is 0 Å². The molecule has 1 aliphatic rings. The molecule has 2 aromatic rings. The minimum atomic E-state index is -4.66. The quantitative estimate of drug-likeness (QED) is 0.702. The van der Waals surface area contributed by atoms with Crippen LogP contribution in [0.25, 0.3) is 0 Å². The molecule has 8 heteroatoms. The summed E-state index contributed by atoms with van der Waals surface area (Å²) in [5, 5.41) is 0. The molecule has 26 heavy (non-hydrogen) atoms. The van der Waals surface area contributed by atoms with Crippen molar-refractivity contribution < 1.29 is 22.0 Å². The molecule has 0 N–H and O–H groups in total. The van der Waals surface area contributed by atoms with E-state index in [1.807, 2.05) is 24.3 Å². The number of hydrogen-bond acceptors (Lipinski definition) is 3. The highest BCUT2D eigenvalue weighted by atomic mass is 79.9. The lowest BCUT2D eigenvalue weighted by Crippen LogP contribution is -2.30. The van der Waals surface area contributed by atoms with Crippen LogP contribution in [-0.4, -0.2) is 31.5 Å². The van der Waals surface area contributed by atoms with Crippen LogP contribution in [0.2, 0.25) is 0 Å². The van der Waals surface area contributed by atoms with Gasteiger partial charge in [0.05, 0.1) is 10.9 Å². The molecule has 1 atom stereocenters. The molecule has 2 aromatic carbocycles. The van der Waals surface area contributed by atoms with Gasteiger partial charge in [-0.25, -0.2) is 8.42 Å². The number of sulfone groups is 1. The third-order valence-corrected chi connectivity index (χ3v) is 6.30. The van der Waals surface area contributed by atoms with E-state index in [0.717, 1.165) is 35.0 Å². The number of nitrogens with zero attached hydrogens (tertiary/aromatic N) is 1. The van der Waals surface area contributed by atoms with E-state index in [0.29, 0.717) is 6.54 Å². The molecular weight excluding hydrogens is 428 g/mol. The molecule has 1 fully saturated rings. The van der Waals surface area contributed by atoms with Crippen LogP contribution in [0.1, 0.15) is 34.8 Å². The van der Waals surface area contributed by atoms with E-state index in [-0.39, 0.29) is 17.5 Å². The zero-order valence-electron chi connectivity index (χ0n) is 13.6. The molecule has 0 aromatic heterocycles. The highest BCUT2D eigenvalue weighted by Crippen LogP contribution is 2.34. The molecule has 1 heterocycles. The summed E-state index contributed by atoms with van der Waals surface area (Å²) in [6.07, 6.45) is 1.70.